The Kier molecular flexibility index (Phi) is 29.0. The fraction of sp³-hybridized carbons (Fsp3) is 0.527. The van der Waals surface area contributed by atoms with Crippen LogP contribution in [0.2, 0.25) is 0 Å². The lowest BCUT2D eigenvalue weighted by atomic mass is 9.61. The Hall–Kier alpha value is -7.92. The SMILES string of the molecule is CCCCCCCCCC1C(CCCCCCCCN2C(=O)c3ccc(Oc4ccc(C(C)(C)c5ccc(Oc6ccc7c(c6)C(=O)N(c6c(CC)cc(Cc8cc(CC)c(N9C(=O)C=CC9=O)c(CC)c8)cc6CC)C7=O)cc5)cc4)cc3C2=O)CCC(CCCCCC)C1CCCCCCCC. The molecule has 1 saturated carbocycles. The summed E-state index contributed by atoms with van der Waals surface area (Å²) >= 11 is 0. The summed E-state index contributed by atoms with van der Waals surface area (Å²) < 4.78 is 12.7. The number of hydrogen-bond acceptors (Lipinski definition) is 8. The molecule has 11 heteroatoms. The van der Waals surface area contributed by atoms with Gasteiger partial charge >= 0.3 is 0 Å². The zero-order valence-corrected chi connectivity index (χ0v) is 64.7. The van der Waals surface area contributed by atoms with Gasteiger partial charge in [-0.05, 0) is 193 Å². The van der Waals surface area contributed by atoms with Crippen LogP contribution < -0.4 is 19.3 Å². The van der Waals surface area contributed by atoms with Gasteiger partial charge in [0.1, 0.15) is 23.0 Å². The Labute approximate surface area is 623 Å². The van der Waals surface area contributed by atoms with Gasteiger partial charge in [0.15, 0.2) is 0 Å². The maximum atomic E-state index is 14.5. The van der Waals surface area contributed by atoms with E-state index >= 15 is 0 Å². The number of hydrogen-bond donors (Lipinski definition) is 0. The number of ether oxygens (including phenoxy) is 2. The molecule has 0 saturated heterocycles. The normalized spacial score (nSPS) is 17.3. The average Bonchev–Trinajstić information content (AvgIpc) is 1.60. The molecule has 6 aromatic carbocycles. The van der Waals surface area contributed by atoms with Gasteiger partial charge in [0, 0.05) is 24.1 Å². The molecule has 0 N–H and O–H groups in total. The molecule has 6 amide bonds. The van der Waals surface area contributed by atoms with Crippen LogP contribution in [0.25, 0.3) is 0 Å². The molecular formula is C93H121N3O8. The summed E-state index contributed by atoms with van der Waals surface area (Å²) in [5, 5.41) is 0. The monoisotopic (exact) mass is 1410 g/mol. The van der Waals surface area contributed by atoms with E-state index in [0.29, 0.717) is 89.7 Å². The van der Waals surface area contributed by atoms with Crippen molar-refractivity contribution in [2.45, 2.75) is 286 Å². The first-order valence-corrected chi connectivity index (χ1v) is 41.0. The molecule has 1 aliphatic carbocycles. The van der Waals surface area contributed by atoms with Gasteiger partial charge in [-0.15, -0.1) is 0 Å². The molecule has 1 fully saturated rings. The van der Waals surface area contributed by atoms with E-state index in [1.807, 2.05) is 76.2 Å². The summed E-state index contributed by atoms with van der Waals surface area (Å²) in [4.78, 5) is 85.9. The summed E-state index contributed by atoms with van der Waals surface area (Å²) in [6.07, 6.45) is 44.9. The fourth-order valence-corrected chi connectivity index (χ4v) is 17.6. The third kappa shape index (κ3) is 19.2. The average molecular weight is 1410 g/mol. The highest BCUT2D eigenvalue weighted by molar-refractivity contribution is 6.35. The second-order valence-electron chi connectivity index (χ2n) is 31.1. The molecule has 0 radical (unpaired) electrons. The first-order valence-electron chi connectivity index (χ1n) is 41.0. The highest BCUT2D eigenvalue weighted by Gasteiger charge is 2.41. The van der Waals surface area contributed by atoms with Crippen molar-refractivity contribution in [2.75, 3.05) is 16.3 Å². The van der Waals surface area contributed by atoms with Gasteiger partial charge < -0.3 is 9.47 Å². The summed E-state index contributed by atoms with van der Waals surface area (Å²) in [6.45, 7) is 19.9. The number of benzene rings is 6. The van der Waals surface area contributed by atoms with Crippen molar-refractivity contribution >= 4 is 46.8 Å². The maximum Gasteiger partial charge on any atom is 0.266 e. The Morgan fingerprint density at radius 1 is 0.356 bits per heavy atom. The van der Waals surface area contributed by atoms with E-state index in [9.17, 15) is 28.8 Å². The van der Waals surface area contributed by atoms with Crippen molar-refractivity contribution in [1.29, 1.82) is 0 Å². The number of aryl methyl sites for hydroxylation is 4. The number of unbranched alkanes of at least 4 members (excludes halogenated alkanes) is 19. The molecule has 556 valence electrons. The minimum Gasteiger partial charge on any atom is -0.457 e. The molecule has 6 aromatic rings. The summed E-state index contributed by atoms with van der Waals surface area (Å²) in [6, 6.07) is 34.5. The minimum absolute atomic E-state index is 0.217. The van der Waals surface area contributed by atoms with Crippen LogP contribution in [0.5, 0.6) is 23.0 Å². The molecule has 0 aromatic heterocycles. The molecule has 0 bridgehead atoms. The smallest absolute Gasteiger partial charge is 0.266 e. The van der Waals surface area contributed by atoms with E-state index < -0.39 is 11.3 Å². The summed E-state index contributed by atoms with van der Waals surface area (Å²) in [7, 11) is 0. The van der Waals surface area contributed by atoms with Gasteiger partial charge in [0.05, 0.1) is 33.6 Å². The highest BCUT2D eigenvalue weighted by Crippen LogP contribution is 2.49. The number of nitrogens with zero attached hydrogens (tertiary/aromatic N) is 3. The van der Waals surface area contributed by atoms with Crippen molar-refractivity contribution in [2.24, 2.45) is 23.7 Å². The van der Waals surface area contributed by atoms with Crippen LogP contribution in [0.3, 0.4) is 0 Å². The lowest BCUT2D eigenvalue weighted by Crippen LogP contribution is -2.35. The number of imide groups is 3. The van der Waals surface area contributed by atoms with E-state index in [-0.39, 0.29) is 35.1 Å². The van der Waals surface area contributed by atoms with Crippen molar-refractivity contribution in [3.63, 3.8) is 0 Å². The van der Waals surface area contributed by atoms with Crippen LogP contribution in [0.15, 0.2) is 121 Å². The number of carbonyl (C=O) groups excluding carboxylic acids is 6. The van der Waals surface area contributed by atoms with E-state index in [2.05, 4.69) is 58.9 Å². The summed E-state index contributed by atoms with van der Waals surface area (Å²) in [5.41, 5.74) is 10.2. The van der Waals surface area contributed by atoms with Crippen molar-refractivity contribution < 1.29 is 38.2 Å². The Morgan fingerprint density at radius 2 is 0.692 bits per heavy atom. The molecule has 104 heavy (non-hydrogen) atoms. The number of rotatable bonds is 43. The molecular weight excluding hydrogens is 1290 g/mol. The van der Waals surface area contributed by atoms with E-state index in [1.54, 1.807) is 36.4 Å². The fourth-order valence-electron chi connectivity index (χ4n) is 17.6. The number of carbonyl (C=O) groups is 6. The van der Waals surface area contributed by atoms with Gasteiger partial charge in [0.25, 0.3) is 35.4 Å². The van der Waals surface area contributed by atoms with E-state index in [1.165, 1.54) is 194 Å². The molecule has 4 aliphatic rings. The molecule has 3 aliphatic heterocycles. The highest BCUT2D eigenvalue weighted by atomic mass is 16.5. The Morgan fingerprint density at radius 3 is 1.12 bits per heavy atom. The molecule has 10 rings (SSSR count). The maximum absolute atomic E-state index is 14.5. The standard InChI is InChI=1S/C93H121N3O8/c1-10-17-20-23-25-30-35-40-80-72(42-41-71(37-32-22-19-12-3)79(80)39-34-29-24-21-18-11-2)38-33-28-26-27-31-36-57-94-89(99)81-53-51-77(63-83(81)90(94)100)103-75-47-43-73(44-48-75)93(8,9)74-45-49-76(50-46-74)104-78-52-54-82-84(64-78)92(102)96(91(82)101)88-69(15-6)61-66(62-70(88)16-7)58-65-59-67(13-4)87(68(14-5)60-65)95-85(97)55-56-86(95)98/h43-56,59-64,71-72,79-80H,10-42,57-58H2,1-9H3. The Bertz CT molecular complexity index is 3870. The molecule has 4 unspecified atom stereocenters. The number of amides is 6. The first kappa shape index (κ1) is 78.7. The second-order valence-corrected chi connectivity index (χ2v) is 31.1. The largest absolute Gasteiger partial charge is 0.457 e. The van der Waals surface area contributed by atoms with Crippen LogP contribution >= 0.6 is 0 Å². The lowest BCUT2D eigenvalue weighted by Gasteiger charge is -2.44. The van der Waals surface area contributed by atoms with Crippen molar-refractivity contribution in [3.8, 4) is 23.0 Å². The predicted molar refractivity (Wildman–Crippen MR) is 424 cm³/mol. The van der Waals surface area contributed by atoms with E-state index in [4.69, 9.17) is 9.47 Å². The first-order chi connectivity index (χ1) is 50.5. The third-order valence-electron chi connectivity index (χ3n) is 23.6. The zero-order chi connectivity index (χ0) is 73.7. The van der Waals surface area contributed by atoms with Crippen LogP contribution in [-0.4, -0.2) is 46.9 Å². The van der Waals surface area contributed by atoms with Gasteiger partial charge in [-0.2, -0.15) is 0 Å². The van der Waals surface area contributed by atoms with Crippen LogP contribution in [0, 0.1) is 23.7 Å². The van der Waals surface area contributed by atoms with Gasteiger partial charge in [0.2, 0.25) is 0 Å². The van der Waals surface area contributed by atoms with Crippen LogP contribution in [-0.2, 0) is 47.1 Å². The minimum atomic E-state index is -0.407. The number of fused-ring (bicyclic) bond motifs is 2. The van der Waals surface area contributed by atoms with Crippen LogP contribution in [0.1, 0.15) is 334 Å². The summed E-state index contributed by atoms with van der Waals surface area (Å²) in [5.74, 6) is 3.95. The van der Waals surface area contributed by atoms with Gasteiger partial charge in [-0.1, -0.05) is 265 Å². The molecule has 3 heterocycles. The predicted octanol–water partition coefficient (Wildman–Crippen LogP) is 24.1. The number of anilines is 2. The van der Waals surface area contributed by atoms with Gasteiger partial charge in [-0.25, -0.2) is 9.80 Å². The van der Waals surface area contributed by atoms with Crippen LogP contribution in [0.4, 0.5) is 11.4 Å². The quantitative estimate of drug-likeness (QED) is 0.0273. The topological polar surface area (TPSA) is 131 Å². The zero-order valence-electron chi connectivity index (χ0n) is 64.7. The second kappa shape index (κ2) is 38.4. The van der Waals surface area contributed by atoms with Gasteiger partial charge in [-0.3, -0.25) is 33.7 Å². The third-order valence-corrected chi connectivity index (χ3v) is 23.6. The Balaban J connectivity index is 0.688. The van der Waals surface area contributed by atoms with E-state index in [0.717, 1.165) is 87.4 Å². The molecule has 0 spiro atoms. The van der Waals surface area contributed by atoms with Crippen molar-refractivity contribution in [1.82, 2.24) is 4.90 Å². The lowest BCUT2D eigenvalue weighted by molar-refractivity contribution is -0.120. The molecule has 4 atom stereocenters. The van der Waals surface area contributed by atoms with Crippen molar-refractivity contribution in [3.05, 3.63) is 188 Å². The molecule has 11 nitrogen and oxygen atoms in total.